The molecule has 0 aliphatic carbocycles. The molecule has 0 saturated carbocycles. The lowest BCUT2D eigenvalue weighted by atomic mass is 10.0. The molecule has 0 radical (unpaired) electrons. The number of likely N-dealkylation sites (tertiary alicyclic amines) is 1. The quantitative estimate of drug-likeness (QED) is 0.699. The Kier molecular flexibility index (Phi) is 3.02. The Labute approximate surface area is 89.7 Å². The highest BCUT2D eigenvalue weighted by Gasteiger charge is 2.34. The van der Waals surface area contributed by atoms with Crippen molar-refractivity contribution in [1.29, 1.82) is 0 Å². The number of carbonyl (C=O) groups is 1. The third-order valence-electron chi connectivity index (χ3n) is 2.83. The molecule has 1 aromatic rings. The van der Waals surface area contributed by atoms with Crippen molar-refractivity contribution >= 4 is 5.97 Å². The molecule has 3 heteroatoms. The molecule has 1 atom stereocenters. The minimum absolute atomic E-state index is 0.0322. The molecule has 1 fully saturated rings. The van der Waals surface area contributed by atoms with Crippen molar-refractivity contribution in [3.8, 4) is 0 Å². The van der Waals surface area contributed by atoms with Gasteiger partial charge in [-0.1, -0.05) is 30.3 Å². The van der Waals surface area contributed by atoms with Gasteiger partial charge in [0.2, 0.25) is 0 Å². The van der Waals surface area contributed by atoms with Gasteiger partial charge in [-0.05, 0) is 12.0 Å². The van der Waals surface area contributed by atoms with Gasteiger partial charge in [-0.2, -0.15) is 0 Å². The second-order valence-corrected chi connectivity index (χ2v) is 3.78. The molecule has 1 saturated heterocycles. The van der Waals surface area contributed by atoms with Crippen LogP contribution in [0.25, 0.3) is 0 Å². The predicted molar refractivity (Wildman–Crippen MR) is 57.3 cm³/mol. The number of rotatable bonds is 3. The lowest BCUT2D eigenvalue weighted by Gasteiger charge is -2.38. The summed E-state index contributed by atoms with van der Waals surface area (Å²) in [5, 5.41) is 0. The third kappa shape index (κ3) is 2.18. The average molecular weight is 205 g/mol. The number of hydrogen-bond donors (Lipinski definition) is 0. The highest BCUT2D eigenvalue weighted by Crippen LogP contribution is 2.21. The maximum atomic E-state index is 11.3. The van der Waals surface area contributed by atoms with Gasteiger partial charge in [0.05, 0.1) is 7.11 Å². The van der Waals surface area contributed by atoms with Crippen molar-refractivity contribution < 1.29 is 9.53 Å². The van der Waals surface area contributed by atoms with Crippen LogP contribution in [0.15, 0.2) is 30.3 Å². The van der Waals surface area contributed by atoms with Crippen molar-refractivity contribution in [1.82, 2.24) is 4.90 Å². The molecule has 0 bridgehead atoms. The summed E-state index contributed by atoms with van der Waals surface area (Å²) in [6.07, 6.45) is 0.916. The van der Waals surface area contributed by atoms with E-state index in [4.69, 9.17) is 4.74 Å². The molecule has 15 heavy (non-hydrogen) atoms. The highest BCUT2D eigenvalue weighted by atomic mass is 16.5. The standard InChI is InChI=1S/C12H15NO2/c1-15-12(14)11-7-8-13(11)9-10-5-3-2-4-6-10/h2-6,11H,7-9H2,1H3/t11-/m0/s1. The van der Waals surface area contributed by atoms with E-state index < -0.39 is 0 Å². The molecular weight excluding hydrogens is 190 g/mol. The van der Waals surface area contributed by atoms with E-state index in [0.717, 1.165) is 19.5 Å². The molecule has 1 aromatic carbocycles. The van der Waals surface area contributed by atoms with Crippen LogP contribution in [-0.4, -0.2) is 30.6 Å². The van der Waals surface area contributed by atoms with Gasteiger partial charge in [0, 0.05) is 13.1 Å². The van der Waals surface area contributed by atoms with E-state index in [9.17, 15) is 4.79 Å². The van der Waals surface area contributed by atoms with Crippen LogP contribution in [0.2, 0.25) is 0 Å². The van der Waals surface area contributed by atoms with E-state index in [-0.39, 0.29) is 12.0 Å². The first kappa shape index (κ1) is 10.2. The lowest BCUT2D eigenvalue weighted by molar-refractivity contribution is -0.152. The van der Waals surface area contributed by atoms with Crippen LogP contribution in [0.1, 0.15) is 12.0 Å². The fourth-order valence-corrected chi connectivity index (χ4v) is 1.85. The second kappa shape index (κ2) is 4.45. The first-order valence-corrected chi connectivity index (χ1v) is 5.17. The number of nitrogens with zero attached hydrogens (tertiary/aromatic N) is 1. The zero-order valence-electron chi connectivity index (χ0n) is 8.85. The zero-order chi connectivity index (χ0) is 10.7. The van der Waals surface area contributed by atoms with Crippen molar-refractivity contribution in [3.63, 3.8) is 0 Å². The van der Waals surface area contributed by atoms with Crippen molar-refractivity contribution in [2.24, 2.45) is 0 Å². The molecule has 1 aliphatic heterocycles. The van der Waals surface area contributed by atoms with Crippen LogP contribution in [0.4, 0.5) is 0 Å². The summed E-state index contributed by atoms with van der Waals surface area (Å²) in [6.45, 7) is 1.81. The van der Waals surface area contributed by atoms with E-state index in [1.807, 2.05) is 18.2 Å². The molecule has 0 N–H and O–H groups in total. The Balaban J connectivity index is 1.94. The summed E-state index contributed by atoms with van der Waals surface area (Å²) in [7, 11) is 1.45. The number of esters is 1. The van der Waals surface area contributed by atoms with Gasteiger partial charge in [0.25, 0.3) is 0 Å². The fraction of sp³-hybridized carbons (Fsp3) is 0.417. The van der Waals surface area contributed by atoms with Crippen LogP contribution >= 0.6 is 0 Å². The second-order valence-electron chi connectivity index (χ2n) is 3.78. The first-order valence-electron chi connectivity index (χ1n) is 5.17. The summed E-state index contributed by atoms with van der Waals surface area (Å²) in [4.78, 5) is 13.5. The number of methoxy groups -OCH3 is 1. The smallest absolute Gasteiger partial charge is 0.323 e. The Morgan fingerprint density at radius 2 is 2.20 bits per heavy atom. The van der Waals surface area contributed by atoms with Gasteiger partial charge in [0.15, 0.2) is 0 Å². The Morgan fingerprint density at radius 1 is 1.47 bits per heavy atom. The molecule has 1 heterocycles. The minimum atomic E-state index is -0.114. The van der Waals surface area contributed by atoms with Gasteiger partial charge in [-0.3, -0.25) is 9.69 Å². The van der Waals surface area contributed by atoms with E-state index >= 15 is 0 Å². The van der Waals surface area contributed by atoms with E-state index in [0.29, 0.717) is 0 Å². The topological polar surface area (TPSA) is 29.5 Å². The number of ether oxygens (including phenoxy) is 1. The molecule has 0 aromatic heterocycles. The van der Waals surface area contributed by atoms with Crippen molar-refractivity contribution in [2.45, 2.75) is 19.0 Å². The third-order valence-corrected chi connectivity index (χ3v) is 2.83. The lowest BCUT2D eigenvalue weighted by Crippen LogP contribution is -2.52. The minimum Gasteiger partial charge on any atom is -0.468 e. The van der Waals surface area contributed by atoms with Crippen LogP contribution in [0, 0.1) is 0 Å². The summed E-state index contributed by atoms with van der Waals surface area (Å²) in [5.74, 6) is -0.114. The Bertz CT molecular complexity index is 337. The van der Waals surface area contributed by atoms with Crippen LogP contribution in [-0.2, 0) is 16.1 Å². The molecule has 3 nitrogen and oxygen atoms in total. The fourth-order valence-electron chi connectivity index (χ4n) is 1.85. The van der Waals surface area contributed by atoms with E-state index in [2.05, 4.69) is 17.0 Å². The molecule has 1 aliphatic rings. The maximum Gasteiger partial charge on any atom is 0.323 e. The summed E-state index contributed by atoms with van der Waals surface area (Å²) in [6, 6.07) is 10.1. The van der Waals surface area contributed by atoms with Gasteiger partial charge in [0.1, 0.15) is 6.04 Å². The Hall–Kier alpha value is -1.35. The van der Waals surface area contributed by atoms with Gasteiger partial charge in [-0.25, -0.2) is 0 Å². The van der Waals surface area contributed by atoms with Gasteiger partial charge in [-0.15, -0.1) is 0 Å². The Morgan fingerprint density at radius 3 is 2.73 bits per heavy atom. The zero-order valence-corrected chi connectivity index (χ0v) is 8.85. The van der Waals surface area contributed by atoms with Crippen molar-refractivity contribution in [3.05, 3.63) is 35.9 Å². The summed E-state index contributed by atoms with van der Waals surface area (Å²) in [5.41, 5.74) is 1.24. The predicted octanol–water partition coefficient (Wildman–Crippen LogP) is 1.43. The van der Waals surface area contributed by atoms with Gasteiger partial charge < -0.3 is 4.74 Å². The molecule has 0 unspecified atom stereocenters. The maximum absolute atomic E-state index is 11.3. The first-order chi connectivity index (χ1) is 7.31. The van der Waals surface area contributed by atoms with Crippen molar-refractivity contribution in [2.75, 3.05) is 13.7 Å². The van der Waals surface area contributed by atoms with Crippen LogP contribution < -0.4 is 0 Å². The molecular formula is C12H15NO2. The molecule has 2 rings (SSSR count). The summed E-state index contributed by atoms with van der Waals surface area (Å²) >= 11 is 0. The monoisotopic (exact) mass is 205 g/mol. The largest absolute Gasteiger partial charge is 0.468 e. The van der Waals surface area contributed by atoms with E-state index in [1.54, 1.807) is 0 Å². The highest BCUT2D eigenvalue weighted by molar-refractivity contribution is 5.76. The number of carbonyl (C=O) groups excluding carboxylic acids is 1. The normalized spacial score (nSPS) is 20.7. The molecule has 80 valence electrons. The number of benzene rings is 1. The van der Waals surface area contributed by atoms with Gasteiger partial charge >= 0.3 is 5.97 Å². The van der Waals surface area contributed by atoms with Crippen LogP contribution in [0.3, 0.4) is 0 Å². The SMILES string of the molecule is COC(=O)[C@@H]1CCN1Cc1ccccc1. The average Bonchev–Trinajstić information content (AvgIpc) is 2.25. The van der Waals surface area contributed by atoms with E-state index in [1.165, 1.54) is 12.7 Å². The summed E-state index contributed by atoms with van der Waals surface area (Å²) < 4.78 is 4.74. The van der Waals surface area contributed by atoms with Crippen LogP contribution in [0.5, 0.6) is 0 Å². The molecule has 0 amide bonds. The molecule has 0 spiro atoms. The number of hydrogen-bond acceptors (Lipinski definition) is 3.